The van der Waals surface area contributed by atoms with Crippen molar-refractivity contribution in [2.24, 2.45) is 0 Å². The Labute approximate surface area is 117 Å². The van der Waals surface area contributed by atoms with Crippen molar-refractivity contribution in [3.05, 3.63) is 35.9 Å². The summed E-state index contributed by atoms with van der Waals surface area (Å²) in [6.07, 6.45) is 8.00. The minimum atomic E-state index is -0.327. The lowest BCUT2D eigenvalue weighted by Gasteiger charge is -2.28. The molecule has 2 rings (SSSR count). The SMILES string of the molecule is [O]C1CCCN(CCCCCCc2ccccc2)C1. The molecule has 1 aliphatic rings. The van der Waals surface area contributed by atoms with Gasteiger partial charge in [-0.1, -0.05) is 43.2 Å². The van der Waals surface area contributed by atoms with E-state index in [-0.39, 0.29) is 6.10 Å². The molecule has 2 nitrogen and oxygen atoms in total. The zero-order valence-electron chi connectivity index (χ0n) is 11.9. The van der Waals surface area contributed by atoms with E-state index in [9.17, 15) is 5.11 Å². The maximum absolute atomic E-state index is 11.4. The number of piperidine rings is 1. The van der Waals surface area contributed by atoms with E-state index in [1.807, 2.05) is 0 Å². The van der Waals surface area contributed by atoms with E-state index < -0.39 is 0 Å². The molecule has 1 saturated heterocycles. The Morgan fingerprint density at radius 3 is 2.63 bits per heavy atom. The minimum Gasteiger partial charge on any atom is -0.301 e. The van der Waals surface area contributed by atoms with Crippen LogP contribution >= 0.6 is 0 Å². The Morgan fingerprint density at radius 1 is 1.05 bits per heavy atom. The lowest BCUT2D eigenvalue weighted by molar-refractivity contribution is 0.0177. The lowest BCUT2D eigenvalue weighted by atomic mass is 10.1. The molecule has 1 aromatic rings. The predicted molar refractivity (Wildman–Crippen MR) is 78.8 cm³/mol. The molecule has 2 heteroatoms. The zero-order valence-corrected chi connectivity index (χ0v) is 11.9. The van der Waals surface area contributed by atoms with E-state index >= 15 is 0 Å². The summed E-state index contributed by atoms with van der Waals surface area (Å²) in [7, 11) is 0. The van der Waals surface area contributed by atoms with Gasteiger partial charge in [-0.25, -0.2) is 5.11 Å². The fraction of sp³-hybridized carbons (Fsp3) is 0.647. The summed E-state index contributed by atoms with van der Waals surface area (Å²) in [5.74, 6) is 0. The van der Waals surface area contributed by atoms with E-state index in [1.54, 1.807) is 0 Å². The van der Waals surface area contributed by atoms with E-state index in [2.05, 4.69) is 35.2 Å². The van der Waals surface area contributed by atoms with Gasteiger partial charge in [0.25, 0.3) is 0 Å². The van der Waals surface area contributed by atoms with Gasteiger partial charge in [-0.15, -0.1) is 0 Å². The van der Waals surface area contributed by atoms with Crippen molar-refractivity contribution in [1.82, 2.24) is 4.90 Å². The Bertz CT molecular complexity index is 338. The second kappa shape index (κ2) is 8.34. The maximum atomic E-state index is 11.4. The van der Waals surface area contributed by atoms with Gasteiger partial charge in [-0.2, -0.15) is 0 Å². The summed E-state index contributed by atoms with van der Waals surface area (Å²) in [6.45, 7) is 3.05. The maximum Gasteiger partial charge on any atom is 0.106 e. The highest BCUT2D eigenvalue weighted by atomic mass is 16.3. The van der Waals surface area contributed by atoms with Gasteiger partial charge in [-0.05, 0) is 50.8 Å². The molecule has 0 N–H and O–H groups in total. The van der Waals surface area contributed by atoms with Crippen LogP contribution in [0.3, 0.4) is 0 Å². The fourth-order valence-corrected chi connectivity index (χ4v) is 2.88. The number of unbranched alkanes of at least 4 members (excludes halogenated alkanes) is 3. The number of rotatable bonds is 7. The highest BCUT2D eigenvalue weighted by Crippen LogP contribution is 2.12. The summed E-state index contributed by atoms with van der Waals surface area (Å²) in [4.78, 5) is 2.36. The number of benzene rings is 1. The average molecular weight is 260 g/mol. The molecular weight excluding hydrogens is 234 g/mol. The molecule has 1 radical (unpaired) electrons. The first-order valence-electron chi connectivity index (χ1n) is 7.77. The number of hydrogen-bond donors (Lipinski definition) is 0. The molecule has 0 aromatic heterocycles. The van der Waals surface area contributed by atoms with E-state index in [0.29, 0.717) is 0 Å². The largest absolute Gasteiger partial charge is 0.301 e. The van der Waals surface area contributed by atoms with Gasteiger partial charge in [0.05, 0.1) is 0 Å². The molecule has 1 aromatic carbocycles. The van der Waals surface area contributed by atoms with E-state index in [1.165, 1.54) is 37.7 Å². The van der Waals surface area contributed by atoms with E-state index in [0.717, 1.165) is 32.5 Å². The van der Waals surface area contributed by atoms with Crippen LogP contribution in [0, 0.1) is 0 Å². The first kappa shape index (κ1) is 14.5. The molecule has 0 amide bonds. The van der Waals surface area contributed by atoms with Crippen LogP contribution in [-0.4, -0.2) is 30.6 Å². The summed E-state index contributed by atoms with van der Waals surface area (Å²) >= 11 is 0. The van der Waals surface area contributed by atoms with E-state index in [4.69, 9.17) is 0 Å². The van der Waals surface area contributed by atoms with Gasteiger partial charge in [0, 0.05) is 6.54 Å². The topological polar surface area (TPSA) is 23.1 Å². The molecule has 1 aliphatic heterocycles. The van der Waals surface area contributed by atoms with Crippen molar-refractivity contribution in [3.8, 4) is 0 Å². The van der Waals surface area contributed by atoms with Gasteiger partial charge in [-0.3, -0.25) is 0 Å². The van der Waals surface area contributed by atoms with Crippen LogP contribution in [0.4, 0.5) is 0 Å². The van der Waals surface area contributed by atoms with Crippen molar-refractivity contribution >= 4 is 0 Å². The van der Waals surface area contributed by atoms with Gasteiger partial charge in [0.1, 0.15) is 6.10 Å². The third-order valence-corrected chi connectivity index (χ3v) is 3.99. The molecule has 1 atom stereocenters. The number of likely N-dealkylation sites (tertiary alicyclic amines) is 1. The average Bonchev–Trinajstić information content (AvgIpc) is 2.44. The van der Waals surface area contributed by atoms with Crippen LogP contribution in [0.1, 0.15) is 44.1 Å². The Morgan fingerprint density at radius 2 is 1.84 bits per heavy atom. The fourth-order valence-electron chi connectivity index (χ4n) is 2.88. The lowest BCUT2D eigenvalue weighted by Crippen LogP contribution is -2.38. The van der Waals surface area contributed by atoms with Crippen molar-refractivity contribution in [1.29, 1.82) is 0 Å². The van der Waals surface area contributed by atoms with Crippen LogP contribution in [0.2, 0.25) is 0 Å². The zero-order chi connectivity index (χ0) is 13.3. The Hall–Kier alpha value is -0.860. The van der Waals surface area contributed by atoms with Crippen molar-refractivity contribution < 1.29 is 5.11 Å². The Kier molecular flexibility index (Phi) is 6.38. The van der Waals surface area contributed by atoms with Crippen LogP contribution in [0.15, 0.2) is 30.3 Å². The summed E-state index contributed by atoms with van der Waals surface area (Å²) < 4.78 is 0. The monoisotopic (exact) mass is 260 g/mol. The number of aryl methyl sites for hydroxylation is 1. The second-order valence-electron chi connectivity index (χ2n) is 5.71. The normalized spacial score (nSPS) is 20.6. The predicted octanol–water partition coefficient (Wildman–Crippen LogP) is 3.68. The second-order valence-corrected chi connectivity index (χ2v) is 5.71. The van der Waals surface area contributed by atoms with Gasteiger partial charge in [0.15, 0.2) is 0 Å². The summed E-state index contributed by atoms with van der Waals surface area (Å²) in [5.41, 5.74) is 1.45. The standard InChI is InChI=1S/C17H26NO/c19-17-12-8-14-18(15-17)13-7-2-1-4-9-16-10-5-3-6-11-16/h3,5-6,10-11,17H,1-2,4,7-9,12-15H2. The van der Waals surface area contributed by atoms with Crippen molar-refractivity contribution in [2.45, 2.75) is 51.0 Å². The van der Waals surface area contributed by atoms with Crippen LogP contribution in [0.5, 0.6) is 0 Å². The smallest absolute Gasteiger partial charge is 0.106 e. The van der Waals surface area contributed by atoms with Crippen LogP contribution in [-0.2, 0) is 11.5 Å². The van der Waals surface area contributed by atoms with Gasteiger partial charge < -0.3 is 4.90 Å². The van der Waals surface area contributed by atoms with Crippen molar-refractivity contribution in [3.63, 3.8) is 0 Å². The quantitative estimate of drug-likeness (QED) is 0.686. The number of hydrogen-bond acceptors (Lipinski definition) is 1. The Balaban J connectivity index is 1.48. The molecule has 0 bridgehead atoms. The first-order valence-corrected chi connectivity index (χ1v) is 7.77. The van der Waals surface area contributed by atoms with Crippen LogP contribution < -0.4 is 0 Å². The first-order chi connectivity index (χ1) is 9.34. The summed E-state index contributed by atoms with van der Waals surface area (Å²) in [5, 5.41) is 11.4. The molecular formula is C17H26NO. The highest BCUT2D eigenvalue weighted by Gasteiger charge is 2.17. The molecule has 1 heterocycles. The third kappa shape index (κ3) is 5.75. The molecule has 105 valence electrons. The summed E-state index contributed by atoms with van der Waals surface area (Å²) in [6, 6.07) is 10.7. The van der Waals surface area contributed by atoms with Crippen LogP contribution in [0.25, 0.3) is 0 Å². The minimum absolute atomic E-state index is 0.327. The molecule has 0 spiro atoms. The molecule has 1 unspecified atom stereocenters. The third-order valence-electron chi connectivity index (χ3n) is 3.99. The van der Waals surface area contributed by atoms with Gasteiger partial charge >= 0.3 is 0 Å². The number of nitrogens with zero attached hydrogens (tertiary/aromatic N) is 1. The molecule has 0 aliphatic carbocycles. The van der Waals surface area contributed by atoms with Gasteiger partial charge in [0.2, 0.25) is 0 Å². The van der Waals surface area contributed by atoms with Crippen molar-refractivity contribution in [2.75, 3.05) is 19.6 Å². The highest BCUT2D eigenvalue weighted by molar-refractivity contribution is 5.14. The molecule has 1 fully saturated rings. The molecule has 19 heavy (non-hydrogen) atoms. The molecule has 0 saturated carbocycles.